The summed E-state index contributed by atoms with van der Waals surface area (Å²) in [7, 11) is 0. The zero-order valence-electron chi connectivity index (χ0n) is 15.7. The highest BCUT2D eigenvalue weighted by Gasteiger charge is 2.06. The molecule has 6 heteroatoms. The van der Waals surface area contributed by atoms with E-state index in [-0.39, 0.29) is 23.6 Å². The fourth-order valence-electron chi connectivity index (χ4n) is 2.62. The van der Waals surface area contributed by atoms with Crippen LogP contribution in [0.2, 0.25) is 0 Å². The summed E-state index contributed by atoms with van der Waals surface area (Å²) < 4.78 is 35.8. The maximum Gasteiger partial charge on any atom is 0.311 e. The molecular weight excluding hydrogens is 366 g/mol. The number of carbonyl (C=O) groups excluding carboxylic acids is 2. The number of hydrogen-bond acceptors (Lipinski definition) is 4. The molecule has 0 saturated heterocycles. The molecule has 0 fully saturated rings. The molecule has 0 aliphatic heterocycles. The Balaban J connectivity index is 1.45. The molecule has 28 heavy (non-hydrogen) atoms. The lowest BCUT2D eigenvalue weighted by atomic mass is 10.1. The van der Waals surface area contributed by atoms with Crippen molar-refractivity contribution in [2.24, 2.45) is 0 Å². The van der Waals surface area contributed by atoms with E-state index in [1.807, 2.05) is 0 Å². The predicted octanol–water partition coefficient (Wildman–Crippen LogP) is 5.60. The lowest BCUT2D eigenvalue weighted by Gasteiger charge is -2.05. The van der Waals surface area contributed by atoms with Crippen LogP contribution in [-0.2, 0) is 9.59 Å². The molecule has 0 atom stereocenters. The smallest absolute Gasteiger partial charge is 0.311 e. The molecule has 0 heterocycles. The number of unbranched alkanes of at least 4 members (excludes halogenated alkanes) is 5. The first kappa shape index (κ1) is 21.5. The Hall–Kier alpha value is -2.76. The molecule has 0 amide bonds. The van der Waals surface area contributed by atoms with Crippen LogP contribution in [0.4, 0.5) is 8.78 Å². The Labute approximate surface area is 163 Å². The average molecular weight is 390 g/mol. The van der Waals surface area contributed by atoms with E-state index in [1.165, 1.54) is 48.5 Å². The Morgan fingerprint density at radius 1 is 0.571 bits per heavy atom. The first-order valence-corrected chi connectivity index (χ1v) is 9.45. The van der Waals surface area contributed by atoms with Gasteiger partial charge in [0.15, 0.2) is 0 Å². The first-order valence-electron chi connectivity index (χ1n) is 9.45. The van der Waals surface area contributed by atoms with Gasteiger partial charge in [0, 0.05) is 12.8 Å². The van der Waals surface area contributed by atoms with Crippen molar-refractivity contribution in [3.8, 4) is 11.5 Å². The van der Waals surface area contributed by atoms with Crippen molar-refractivity contribution in [3.63, 3.8) is 0 Å². The Morgan fingerprint density at radius 3 is 1.25 bits per heavy atom. The van der Waals surface area contributed by atoms with Crippen molar-refractivity contribution < 1.29 is 27.8 Å². The fraction of sp³-hybridized carbons (Fsp3) is 0.364. The van der Waals surface area contributed by atoms with Crippen molar-refractivity contribution in [1.29, 1.82) is 0 Å². The van der Waals surface area contributed by atoms with Crippen molar-refractivity contribution in [2.45, 2.75) is 51.4 Å². The van der Waals surface area contributed by atoms with E-state index in [1.54, 1.807) is 0 Å². The lowest BCUT2D eigenvalue weighted by Crippen LogP contribution is -2.07. The Bertz CT molecular complexity index is 677. The van der Waals surface area contributed by atoms with Gasteiger partial charge in [-0.25, -0.2) is 8.78 Å². The van der Waals surface area contributed by atoms with E-state index < -0.39 is 0 Å². The van der Waals surface area contributed by atoms with E-state index >= 15 is 0 Å². The molecule has 2 aromatic carbocycles. The van der Waals surface area contributed by atoms with Gasteiger partial charge in [-0.15, -0.1) is 0 Å². The van der Waals surface area contributed by atoms with Crippen LogP contribution in [0.5, 0.6) is 11.5 Å². The standard InChI is InChI=1S/C22H24F2O4/c23-17-9-13-19(14-10-17)27-21(25)7-5-3-1-2-4-6-8-22(26)28-20-15-11-18(24)12-16-20/h9-16H,1-8H2. The van der Waals surface area contributed by atoms with Crippen LogP contribution in [0.15, 0.2) is 48.5 Å². The Morgan fingerprint density at radius 2 is 0.893 bits per heavy atom. The van der Waals surface area contributed by atoms with Gasteiger partial charge in [0.2, 0.25) is 0 Å². The van der Waals surface area contributed by atoms with Gasteiger partial charge >= 0.3 is 11.9 Å². The van der Waals surface area contributed by atoms with E-state index in [0.29, 0.717) is 24.3 Å². The largest absolute Gasteiger partial charge is 0.427 e. The molecule has 0 N–H and O–H groups in total. The van der Waals surface area contributed by atoms with Gasteiger partial charge < -0.3 is 9.47 Å². The van der Waals surface area contributed by atoms with Crippen LogP contribution in [0.1, 0.15) is 51.4 Å². The molecular formula is C22H24F2O4. The van der Waals surface area contributed by atoms with Crippen molar-refractivity contribution >= 4 is 11.9 Å². The number of esters is 2. The lowest BCUT2D eigenvalue weighted by molar-refractivity contribution is -0.135. The SMILES string of the molecule is O=C(CCCCCCCCC(=O)Oc1ccc(F)cc1)Oc1ccc(F)cc1. The number of ether oxygens (including phenoxy) is 2. The third-order valence-electron chi connectivity index (χ3n) is 4.10. The van der Waals surface area contributed by atoms with Crippen molar-refractivity contribution in [1.82, 2.24) is 0 Å². The van der Waals surface area contributed by atoms with E-state index in [0.717, 1.165) is 38.5 Å². The highest BCUT2D eigenvalue weighted by atomic mass is 19.1. The summed E-state index contributed by atoms with van der Waals surface area (Å²) >= 11 is 0. The number of hydrogen-bond donors (Lipinski definition) is 0. The second kappa shape index (κ2) is 11.8. The topological polar surface area (TPSA) is 52.6 Å². The molecule has 0 aliphatic rings. The number of rotatable bonds is 11. The third kappa shape index (κ3) is 8.75. The van der Waals surface area contributed by atoms with Crippen LogP contribution in [0.3, 0.4) is 0 Å². The minimum atomic E-state index is -0.372. The molecule has 4 nitrogen and oxygen atoms in total. The quantitative estimate of drug-likeness (QED) is 0.285. The molecule has 0 aliphatic carbocycles. The van der Waals surface area contributed by atoms with Crippen molar-refractivity contribution in [3.05, 3.63) is 60.2 Å². The number of carbonyl (C=O) groups is 2. The summed E-state index contributed by atoms with van der Waals surface area (Å²) in [6, 6.07) is 10.7. The molecule has 0 radical (unpaired) electrons. The summed E-state index contributed by atoms with van der Waals surface area (Å²) in [5.74, 6) is -0.699. The van der Waals surface area contributed by atoms with Gasteiger partial charge in [0.05, 0.1) is 0 Å². The summed E-state index contributed by atoms with van der Waals surface area (Å²) in [6.45, 7) is 0. The molecule has 150 valence electrons. The summed E-state index contributed by atoms with van der Waals surface area (Å²) in [4.78, 5) is 23.4. The predicted molar refractivity (Wildman–Crippen MR) is 101 cm³/mol. The average Bonchev–Trinajstić information content (AvgIpc) is 2.67. The third-order valence-corrected chi connectivity index (χ3v) is 4.10. The zero-order valence-corrected chi connectivity index (χ0v) is 15.7. The monoisotopic (exact) mass is 390 g/mol. The van der Waals surface area contributed by atoms with E-state index in [2.05, 4.69) is 0 Å². The van der Waals surface area contributed by atoms with Gasteiger partial charge in [0.25, 0.3) is 0 Å². The number of benzene rings is 2. The second-order valence-corrected chi connectivity index (χ2v) is 6.48. The first-order chi connectivity index (χ1) is 13.5. The zero-order chi connectivity index (χ0) is 20.2. The molecule has 0 spiro atoms. The molecule has 0 aromatic heterocycles. The van der Waals surface area contributed by atoms with Gasteiger partial charge in [-0.05, 0) is 61.4 Å². The van der Waals surface area contributed by atoms with Crippen LogP contribution in [-0.4, -0.2) is 11.9 Å². The molecule has 0 unspecified atom stereocenters. The summed E-state index contributed by atoms with van der Waals surface area (Å²) in [6.07, 6.45) is 5.84. The van der Waals surface area contributed by atoms with Crippen LogP contribution < -0.4 is 9.47 Å². The van der Waals surface area contributed by atoms with Gasteiger partial charge in [-0.3, -0.25) is 9.59 Å². The summed E-state index contributed by atoms with van der Waals surface area (Å²) in [5, 5.41) is 0. The normalized spacial score (nSPS) is 10.5. The molecule has 2 rings (SSSR count). The minimum Gasteiger partial charge on any atom is -0.427 e. The van der Waals surface area contributed by atoms with Crippen LogP contribution >= 0.6 is 0 Å². The van der Waals surface area contributed by atoms with E-state index in [9.17, 15) is 18.4 Å². The van der Waals surface area contributed by atoms with Gasteiger partial charge in [0.1, 0.15) is 23.1 Å². The molecule has 0 bridgehead atoms. The molecule has 0 saturated carbocycles. The van der Waals surface area contributed by atoms with Crippen molar-refractivity contribution in [2.75, 3.05) is 0 Å². The maximum absolute atomic E-state index is 12.8. The minimum absolute atomic E-state index is 0.321. The Kier molecular flexibility index (Phi) is 9.11. The van der Waals surface area contributed by atoms with Crippen LogP contribution in [0, 0.1) is 11.6 Å². The van der Waals surface area contributed by atoms with Gasteiger partial charge in [-0.1, -0.05) is 25.7 Å². The van der Waals surface area contributed by atoms with Crippen LogP contribution in [0.25, 0.3) is 0 Å². The summed E-state index contributed by atoms with van der Waals surface area (Å²) in [5.41, 5.74) is 0. The maximum atomic E-state index is 12.8. The highest BCUT2D eigenvalue weighted by Crippen LogP contribution is 2.15. The second-order valence-electron chi connectivity index (χ2n) is 6.48. The van der Waals surface area contributed by atoms with Gasteiger partial charge in [-0.2, -0.15) is 0 Å². The van der Waals surface area contributed by atoms with E-state index in [4.69, 9.17) is 9.47 Å². The number of halogens is 2. The fourth-order valence-corrected chi connectivity index (χ4v) is 2.62. The highest BCUT2D eigenvalue weighted by molar-refractivity contribution is 5.72. The molecule has 2 aromatic rings.